The summed E-state index contributed by atoms with van der Waals surface area (Å²) in [4.78, 5) is 15.5. The van der Waals surface area contributed by atoms with Gasteiger partial charge in [0.2, 0.25) is 0 Å². The number of hydrogen-bond donors (Lipinski definition) is 1. The SMILES string of the molecule is N#Cc1cccc(CN2CCc3c(c(=O)n(Cc4ccc(Cl)cc4)n3CCO)C2)c1. The van der Waals surface area contributed by atoms with E-state index in [2.05, 4.69) is 11.0 Å². The van der Waals surface area contributed by atoms with Gasteiger partial charge in [0, 0.05) is 36.8 Å². The molecule has 1 N–H and O–H groups in total. The van der Waals surface area contributed by atoms with Crippen molar-refractivity contribution in [1.29, 1.82) is 5.26 Å². The summed E-state index contributed by atoms with van der Waals surface area (Å²) in [6, 6.07) is 17.2. The number of hydrogen-bond acceptors (Lipinski definition) is 4. The number of aromatic nitrogens is 2. The molecule has 30 heavy (non-hydrogen) atoms. The van der Waals surface area contributed by atoms with Crippen molar-refractivity contribution in [3.63, 3.8) is 0 Å². The van der Waals surface area contributed by atoms with Gasteiger partial charge in [0.25, 0.3) is 5.56 Å². The second kappa shape index (κ2) is 8.88. The molecule has 0 saturated heterocycles. The van der Waals surface area contributed by atoms with Crippen LogP contribution in [0, 0.1) is 11.3 Å². The Kier molecular flexibility index (Phi) is 6.05. The summed E-state index contributed by atoms with van der Waals surface area (Å²) < 4.78 is 3.66. The summed E-state index contributed by atoms with van der Waals surface area (Å²) in [5, 5.41) is 19.3. The van der Waals surface area contributed by atoms with E-state index >= 15 is 0 Å². The lowest BCUT2D eigenvalue weighted by atomic mass is 10.1. The molecule has 2 aromatic carbocycles. The molecule has 0 spiro atoms. The van der Waals surface area contributed by atoms with Crippen LogP contribution in [-0.4, -0.2) is 32.5 Å². The standard InChI is InChI=1S/C23H23ClN4O2/c24-20-6-4-17(5-7-20)15-28-23(30)21-16-26(9-8-22(21)27(28)10-11-29)14-19-3-1-2-18(12-19)13-25/h1-7,12,29H,8-11,14-16H2. The van der Waals surface area contributed by atoms with Crippen LogP contribution in [0.15, 0.2) is 53.3 Å². The molecule has 4 rings (SSSR count). The van der Waals surface area contributed by atoms with Crippen LogP contribution in [-0.2, 0) is 32.6 Å². The average Bonchev–Trinajstić information content (AvgIpc) is 3.01. The van der Waals surface area contributed by atoms with E-state index in [1.807, 2.05) is 47.1 Å². The van der Waals surface area contributed by atoms with Crippen LogP contribution in [0.2, 0.25) is 5.02 Å². The predicted octanol–water partition coefficient (Wildman–Crippen LogP) is 2.77. The second-order valence-corrected chi connectivity index (χ2v) is 7.97. The summed E-state index contributed by atoms with van der Waals surface area (Å²) in [5.74, 6) is 0. The van der Waals surface area contributed by atoms with Gasteiger partial charge in [-0.05, 0) is 35.4 Å². The van der Waals surface area contributed by atoms with Crippen LogP contribution < -0.4 is 5.56 Å². The third-order valence-corrected chi connectivity index (χ3v) is 5.76. The van der Waals surface area contributed by atoms with E-state index in [4.69, 9.17) is 16.9 Å². The van der Waals surface area contributed by atoms with Crippen LogP contribution in [0.5, 0.6) is 0 Å². The number of nitrogens with zero attached hydrogens (tertiary/aromatic N) is 4. The zero-order valence-corrected chi connectivity index (χ0v) is 17.3. The Hall–Kier alpha value is -2.85. The molecular weight excluding hydrogens is 400 g/mol. The van der Waals surface area contributed by atoms with Crippen molar-refractivity contribution in [2.45, 2.75) is 32.6 Å². The first-order chi connectivity index (χ1) is 14.6. The van der Waals surface area contributed by atoms with E-state index in [-0.39, 0.29) is 12.2 Å². The first-order valence-electron chi connectivity index (χ1n) is 9.97. The normalized spacial score (nSPS) is 13.8. The van der Waals surface area contributed by atoms with Crippen LogP contribution in [0.25, 0.3) is 0 Å². The van der Waals surface area contributed by atoms with Gasteiger partial charge in [-0.2, -0.15) is 5.26 Å². The highest BCUT2D eigenvalue weighted by Crippen LogP contribution is 2.20. The van der Waals surface area contributed by atoms with Gasteiger partial charge in [0.1, 0.15) is 0 Å². The minimum absolute atomic E-state index is 0.0103. The largest absolute Gasteiger partial charge is 0.394 e. The average molecular weight is 423 g/mol. The number of aliphatic hydroxyl groups is 1. The van der Waals surface area contributed by atoms with Crippen LogP contribution in [0.4, 0.5) is 0 Å². The quantitative estimate of drug-likeness (QED) is 0.662. The molecular formula is C23H23ClN4O2. The molecule has 0 unspecified atom stereocenters. The van der Waals surface area contributed by atoms with E-state index in [0.29, 0.717) is 36.8 Å². The Morgan fingerprint density at radius 3 is 2.60 bits per heavy atom. The molecule has 1 aliphatic heterocycles. The highest BCUT2D eigenvalue weighted by molar-refractivity contribution is 6.30. The van der Waals surface area contributed by atoms with E-state index in [0.717, 1.165) is 35.3 Å². The maximum atomic E-state index is 13.2. The number of aliphatic hydroxyl groups excluding tert-OH is 1. The van der Waals surface area contributed by atoms with Crippen molar-refractivity contribution < 1.29 is 5.11 Å². The van der Waals surface area contributed by atoms with Crippen molar-refractivity contribution in [3.8, 4) is 6.07 Å². The molecule has 0 amide bonds. The summed E-state index contributed by atoms with van der Waals surface area (Å²) in [6.45, 7) is 2.88. The van der Waals surface area contributed by atoms with Crippen LogP contribution in [0.1, 0.15) is 27.9 Å². The summed E-state index contributed by atoms with van der Waals surface area (Å²) in [7, 11) is 0. The van der Waals surface area contributed by atoms with Gasteiger partial charge in [0.05, 0.1) is 36.9 Å². The van der Waals surface area contributed by atoms with E-state index in [1.54, 1.807) is 10.7 Å². The van der Waals surface area contributed by atoms with Crippen molar-refractivity contribution in [1.82, 2.24) is 14.3 Å². The zero-order valence-electron chi connectivity index (χ0n) is 16.6. The lowest BCUT2D eigenvalue weighted by Gasteiger charge is -2.27. The lowest BCUT2D eigenvalue weighted by molar-refractivity contribution is 0.232. The summed E-state index contributed by atoms with van der Waals surface area (Å²) >= 11 is 5.98. The molecule has 0 aliphatic carbocycles. The maximum absolute atomic E-state index is 13.2. The number of halogens is 1. The molecule has 0 fully saturated rings. The Morgan fingerprint density at radius 1 is 1.07 bits per heavy atom. The third kappa shape index (κ3) is 4.19. The minimum Gasteiger partial charge on any atom is -0.394 e. The fourth-order valence-electron chi connectivity index (χ4n) is 4.10. The van der Waals surface area contributed by atoms with Gasteiger partial charge in [-0.15, -0.1) is 0 Å². The van der Waals surface area contributed by atoms with E-state index in [1.165, 1.54) is 0 Å². The molecule has 0 radical (unpaired) electrons. The molecule has 0 bridgehead atoms. The predicted molar refractivity (Wildman–Crippen MR) is 115 cm³/mol. The van der Waals surface area contributed by atoms with Crippen molar-refractivity contribution >= 4 is 11.6 Å². The molecule has 6 nitrogen and oxygen atoms in total. The van der Waals surface area contributed by atoms with Gasteiger partial charge in [-0.3, -0.25) is 14.4 Å². The van der Waals surface area contributed by atoms with Gasteiger partial charge in [-0.25, -0.2) is 4.68 Å². The Balaban J connectivity index is 1.61. The highest BCUT2D eigenvalue weighted by Gasteiger charge is 2.26. The first-order valence-corrected chi connectivity index (χ1v) is 10.3. The molecule has 154 valence electrons. The van der Waals surface area contributed by atoms with Gasteiger partial charge < -0.3 is 5.11 Å². The number of rotatable bonds is 6. The van der Waals surface area contributed by atoms with E-state index < -0.39 is 0 Å². The summed E-state index contributed by atoms with van der Waals surface area (Å²) in [6.07, 6.45) is 0.746. The molecule has 0 atom stereocenters. The number of fused-ring (bicyclic) bond motifs is 1. The van der Waals surface area contributed by atoms with Crippen molar-refractivity contribution in [2.24, 2.45) is 0 Å². The van der Waals surface area contributed by atoms with Crippen molar-refractivity contribution in [3.05, 3.63) is 91.9 Å². The maximum Gasteiger partial charge on any atom is 0.271 e. The fraction of sp³-hybridized carbons (Fsp3) is 0.304. The summed E-state index contributed by atoms with van der Waals surface area (Å²) in [5.41, 5.74) is 4.48. The molecule has 3 aromatic rings. The van der Waals surface area contributed by atoms with E-state index in [9.17, 15) is 9.90 Å². The molecule has 2 heterocycles. The van der Waals surface area contributed by atoms with Crippen molar-refractivity contribution in [2.75, 3.05) is 13.2 Å². The topological polar surface area (TPSA) is 74.2 Å². The molecule has 7 heteroatoms. The second-order valence-electron chi connectivity index (χ2n) is 7.53. The number of benzene rings is 2. The first kappa shape index (κ1) is 20.4. The molecule has 0 saturated carbocycles. The molecule has 1 aliphatic rings. The molecule has 1 aromatic heterocycles. The van der Waals surface area contributed by atoms with Gasteiger partial charge in [-0.1, -0.05) is 35.9 Å². The van der Waals surface area contributed by atoms with Gasteiger partial charge >= 0.3 is 0 Å². The number of nitriles is 1. The zero-order chi connectivity index (χ0) is 21.1. The lowest BCUT2D eigenvalue weighted by Crippen LogP contribution is -2.32. The Labute approximate surface area is 180 Å². The fourth-order valence-corrected chi connectivity index (χ4v) is 4.22. The smallest absolute Gasteiger partial charge is 0.271 e. The Bertz CT molecular complexity index is 1140. The van der Waals surface area contributed by atoms with Crippen LogP contribution >= 0.6 is 11.6 Å². The monoisotopic (exact) mass is 422 g/mol. The Morgan fingerprint density at radius 2 is 1.87 bits per heavy atom. The third-order valence-electron chi connectivity index (χ3n) is 5.51. The highest BCUT2D eigenvalue weighted by atomic mass is 35.5. The minimum atomic E-state index is -0.0220. The van der Waals surface area contributed by atoms with Gasteiger partial charge in [0.15, 0.2) is 0 Å². The van der Waals surface area contributed by atoms with Crippen LogP contribution in [0.3, 0.4) is 0 Å².